The SMILES string of the molecule is CN=C(NCCCC(=O)NC1CC1)N1CCN(S(=O)(=O)Cc2ccon2)CC1.I. The van der Waals surface area contributed by atoms with Crippen LogP contribution in [0.3, 0.4) is 0 Å². The predicted molar refractivity (Wildman–Crippen MR) is 119 cm³/mol. The van der Waals surface area contributed by atoms with E-state index in [4.69, 9.17) is 4.52 Å². The van der Waals surface area contributed by atoms with Crippen LogP contribution in [0.1, 0.15) is 31.4 Å². The normalized spacial score (nSPS) is 18.2. The Balaban J connectivity index is 0.00000300. The summed E-state index contributed by atoms with van der Waals surface area (Å²) in [7, 11) is -1.71. The second kappa shape index (κ2) is 11.1. The quantitative estimate of drug-likeness (QED) is 0.212. The molecular weight excluding hydrogens is 511 g/mol. The number of guanidine groups is 1. The van der Waals surface area contributed by atoms with Gasteiger partial charge < -0.3 is 20.1 Å². The second-order valence-electron chi connectivity index (χ2n) is 7.05. The molecule has 3 rings (SSSR count). The molecule has 1 saturated carbocycles. The Labute approximate surface area is 188 Å². The van der Waals surface area contributed by atoms with E-state index in [1.807, 2.05) is 4.90 Å². The van der Waals surface area contributed by atoms with E-state index < -0.39 is 10.0 Å². The molecule has 1 aromatic heterocycles. The molecule has 10 nitrogen and oxygen atoms in total. The smallest absolute Gasteiger partial charge is 0.220 e. The Morgan fingerprint density at radius 3 is 2.62 bits per heavy atom. The second-order valence-corrected chi connectivity index (χ2v) is 9.02. The van der Waals surface area contributed by atoms with Crippen molar-refractivity contribution in [1.29, 1.82) is 0 Å². The summed E-state index contributed by atoms with van der Waals surface area (Å²) in [6, 6.07) is 1.95. The Morgan fingerprint density at radius 1 is 1.31 bits per heavy atom. The van der Waals surface area contributed by atoms with Crippen molar-refractivity contribution < 1.29 is 17.7 Å². The molecule has 2 N–H and O–H groups in total. The van der Waals surface area contributed by atoms with Crippen molar-refractivity contribution in [3.05, 3.63) is 18.0 Å². The third-order valence-electron chi connectivity index (χ3n) is 4.77. The van der Waals surface area contributed by atoms with Gasteiger partial charge in [0.2, 0.25) is 15.9 Å². The number of amides is 1. The van der Waals surface area contributed by atoms with Gasteiger partial charge in [-0.05, 0) is 19.3 Å². The van der Waals surface area contributed by atoms with Crippen molar-refractivity contribution in [2.45, 2.75) is 37.5 Å². The van der Waals surface area contributed by atoms with Crippen LogP contribution in [0.5, 0.6) is 0 Å². The molecule has 0 spiro atoms. The maximum atomic E-state index is 12.5. The van der Waals surface area contributed by atoms with Crippen molar-refractivity contribution in [1.82, 2.24) is 25.0 Å². The molecule has 2 heterocycles. The van der Waals surface area contributed by atoms with E-state index in [2.05, 4.69) is 20.8 Å². The first-order chi connectivity index (χ1) is 13.5. The molecule has 0 unspecified atom stereocenters. The van der Waals surface area contributed by atoms with Gasteiger partial charge in [-0.1, -0.05) is 5.16 Å². The van der Waals surface area contributed by atoms with Crippen LogP contribution in [-0.2, 0) is 20.6 Å². The molecule has 2 aliphatic rings. The molecule has 1 saturated heterocycles. The zero-order valence-electron chi connectivity index (χ0n) is 16.5. The maximum Gasteiger partial charge on any atom is 0.220 e. The summed E-state index contributed by atoms with van der Waals surface area (Å²) in [6.07, 6.45) is 4.78. The lowest BCUT2D eigenvalue weighted by Crippen LogP contribution is -2.54. The molecule has 1 aliphatic heterocycles. The number of carbonyl (C=O) groups excluding carboxylic acids is 1. The molecule has 1 aromatic rings. The summed E-state index contributed by atoms with van der Waals surface area (Å²) < 4.78 is 31.2. The Hall–Kier alpha value is -1.41. The first kappa shape index (κ1) is 23.9. The summed E-state index contributed by atoms with van der Waals surface area (Å²) in [5.74, 6) is 0.681. The van der Waals surface area contributed by atoms with Gasteiger partial charge in [-0.25, -0.2) is 8.42 Å². The van der Waals surface area contributed by atoms with E-state index in [1.165, 1.54) is 10.6 Å². The zero-order chi connectivity index (χ0) is 20.0. The molecule has 164 valence electrons. The minimum absolute atomic E-state index is 0. The van der Waals surface area contributed by atoms with Crippen LogP contribution in [0.4, 0.5) is 0 Å². The number of piperazine rings is 1. The summed E-state index contributed by atoms with van der Waals surface area (Å²) >= 11 is 0. The van der Waals surface area contributed by atoms with Gasteiger partial charge in [-0.15, -0.1) is 24.0 Å². The standard InChI is InChI=1S/C17H28N6O4S.HI/c1-18-17(19-7-2-3-16(24)20-14-4-5-14)22-8-10-23(11-9-22)28(25,26)13-15-6-12-27-21-15;/h6,12,14H,2-5,7-11,13H2,1H3,(H,18,19)(H,20,24);1H. The number of halogens is 1. The maximum absolute atomic E-state index is 12.5. The van der Waals surface area contributed by atoms with E-state index >= 15 is 0 Å². The lowest BCUT2D eigenvalue weighted by atomic mass is 10.3. The van der Waals surface area contributed by atoms with Gasteiger partial charge in [0, 0.05) is 58.3 Å². The van der Waals surface area contributed by atoms with E-state index in [1.54, 1.807) is 13.1 Å². The monoisotopic (exact) mass is 540 g/mol. The van der Waals surface area contributed by atoms with Gasteiger partial charge in [0.25, 0.3) is 0 Å². The molecule has 1 aliphatic carbocycles. The van der Waals surface area contributed by atoms with Crippen LogP contribution in [-0.4, -0.2) is 80.5 Å². The van der Waals surface area contributed by atoms with Crippen LogP contribution in [0.15, 0.2) is 21.8 Å². The fraction of sp³-hybridized carbons (Fsp3) is 0.706. The van der Waals surface area contributed by atoms with Crippen LogP contribution < -0.4 is 10.6 Å². The van der Waals surface area contributed by atoms with Gasteiger partial charge >= 0.3 is 0 Å². The number of carbonyl (C=O) groups is 1. The molecule has 0 radical (unpaired) electrons. The van der Waals surface area contributed by atoms with Crippen LogP contribution in [0, 0.1) is 0 Å². The minimum Gasteiger partial charge on any atom is -0.364 e. The number of rotatable bonds is 8. The van der Waals surface area contributed by atoms with Gasteiger partial charge in [-0.3, -0.25) is 9.79 Å². The summed E-state index contributed by atoms with van der Waals surface area (Å²) in [5.41, 5.74) is 0.408. The molecule has 2 fully saturated rings. The average molecular weight is 540 g/mol. The first-order valence-corrected chi connectivity index (χ1v) is 11.2. The first-order valence-electron chi connectivity index (χ1n) is 9.60. The summed E-state index contributed by atoms with van der Waals surface area (Å²) in [5, 5.41) is 9.91. The minimum atomic E-state index is -3.42. The molecule has 0 aromatic carbocycles. The van der Waals surface area contributed by atoms with Crippen LogP contribution in [0.2, 0.25) is 0 Å². The number of hydrogen-bond acceptors (Lipinski definition) is 6. The molecule has 1 amide bonds. The highest BCUT2D eigenvalue weighted by Gasteiger charge is 2.29. The number of aliphatic imine (C=N–C) groups is 1. The lowest BCUT2D eigenvalue weighted by molar-refractivity contribution is -0.121. The van der Waals surface area contributed by atoms with Crippen molar-refractivity contribution in [3.8, 4) is 0 Å². The fourth-order valence-electron chi connectivity index (χ4n) is 3.08. The third kappa shape index (κ3) is 7.41. The van der Waals surface area contributed by atoms with Gasteiger partial charge in [0.1, 0.15) is 12.0 Å². The summed E-state index contributed by atoms with van der Waals surface area (Å²) in [6.45, 7) is 2.55. The highest BCUT2D eigenvalue weighted by atomic mass is 127. The van der Waals surface area contributed by atoms with Crippen LogP contribution in [0.25, 0.3) is 0 Å². The fourth-order valence-corrected chi connectivity index (χ4v) is 4.50. The largest absolute Gasteiger partial charge is 0.364 e. The van der Waals surface area contributed by atoms with Crippen molar-refractivity contribution in [2.24, 2.45) is 4.99 Å². The van der Waals surface area contributed by atoms with Gasteiger partial charge in [0.05, 0.1) is 5.69 Å². The Bertz CT molecular complexity index is 774. The lowest BCUT2D eigenvalue weighted by Gasteiger charge is -2.35. The third-order valence-corrected chi connectivity index (χ3v) is 6.58. The highest BCUT2D eigenvalue weighted by molar-refractivity contribution is 14.0. The van der Waals surface area contributed by atoms with Crippen LogP contribution >= 0.6 is 24.0 Å². The Morgan fingerprint density at radius 2 is 2.03 bits per heavy atom. The average Bonchev–Trinajstić information content (AvgIpc) is 3.34. The molecule has 12 heteroatoms. The van der Waals surface area contributed by atoms with E-state index in [9.17, 15) is 13.2 Å². The predicted octanol–water partition coefficient (Wildman–Crippen LogP) is 0.374. The highest BCUT2D eigenvalue weighted by Crippen LogP contribution is 2.18. The molecule has 29 heavy (non-hydrogen) atoms. The zero-order valence-corrected chi connectivity index (χ0v) is 19.7. The molecular formula is C17H29IN6O4S. The number of aromatic nitrogens is 1. The number of nitrogens with zero attached hydrogens (tertiary/aromatic N) is 4. The number of sulfonamides is 1. The van der Waals surface area contributed by atoms with E-state index in [0.717, 1.165) is 25.2 Å². The molecule has 0 bridgehead atoms. The topological polar surface area (TPSA) is 120 Å². The Kier molecular flexibility index (Phi) is 9.14. The number of hydrogen-bond donors (Lipinski definition) is 2. The van der Waals surface area contributed by atoms with Crippen molar-refractivity contribution >= 4 is 45.9 Å². The van der Waals surface area contributed by atoms with E-state index in [-0.39, 0.29) is 35.6 Å². The van der Waals surface area contributed by atoms with Crippen molar-refractivity contribution in [3.63, 3.8) is 0 Å². The van der Waals surface area contributed by atoms with Gasteiger partial charge in [0.15, 0.2) is 5.96 Å². The van der Waals surface area contributed by atoms with E-state index in [0.29, 0.717) is 50.9 Å². The molecule has 0 atom stereocenters. The number of nitrogens with one attached hydrogen (secondary N) is 2. The van der Waals surface area contributed by atoms with Gasteiger partial charge in [-0.2, -0.15) is 4.31 Å². The van der Waals surface area contributed by atoms with Crippen molar-refractivity contribution in [2.75, 3.05) is 39.8 Å². The summed E-state index contributed by atoms with van der Waals surface area (Å²) in [4.78, 5) is 18.0.